The lowest BCUT2D eigenvalue weighted by atomic mass is 10.3. The van der Waals surface area contributed by atoms with E-state index in [0.717, 1.165) is 0 Å². The van der Waals surface area contributed by atoms with Crippen LogP contribution in [0.15, 0.2) is 59.8 Å². The smallest absolute Gasteiger partial charge is 0.266 e. The van der Waals surface area contributed by atoms with Crippen LogP contribution in [0.3, 0.4) is 0 Å². The third-order valence-corrected chi connectivity index (χ3v) is 5.65. The second-order valence-electron chi connectivity index (χ2n) is 6.15. The molecule has 0 unspecified atom stereocenters. The molecule has 0 bridgehead atoms. The Kier molecular flexibility index (Phi) is 5.03. The van der Waals surface area contributed by atoms with E-state index in [4.69, 9.17) is 23.2 Å². The SMILES string of the molecule is Cn1cc(S(=O)(=O)Nc2nc3ccccc3nc2Nc2cc(Cl)cc(Cl)c2)cn1. The summed E-state index contributed by atoms with van der Waals surface area (Å²) in [7, 11) is -2.29. The lowest BCUT2D eigenvalue weighted by Crippen LogP contribution is -2.15. The van der Waals surface area contributed by atoms with E-state index in [2.05, 4.69) is 25.1 Å². The summed E-state index contributed by atoms with van der Waals surface area (Å²) in [5.74, 6) is 0.234. The van der Waals surface area contributed by atoms with Crippen LogP contribution in [-0.2, 0) is 17.1 Å². The first-order valence-electron chi connectivity index (χ1n) is 8.31. The number of anilines is 3. The molecule has 0 aliphatic carbocycles. The third-order valence-electron chi connectivity index (χ3n) is 3.92. The highest BCUT2D eigenvalue weighted by Crippen LogP contribution is 2.29. The average Bonchev–Trinajstić information content (AvgIpc) is 3.08. The summed E-state index contributed by atoms with van der Waals surface area (Å²) in [5, 5.41) is 7.78. The van der Waals surface area contributed by atoms with Gasteiger partial charge >= 0.3 is 0 Å². The van der Waals surface area contributed by atoms with Crippen molar-refractivity contribution in [3.05, 3.63) is 64.9 Å². The molecule has 4 aromatic rings. The van der Waals surface area contributed by atoms with Crippen LogP contribution in [0, 0.1) is 0 Å². The Bertz CT molecular complexity index is 1300. The first-order valence-corrected chi connectivity index (χ1v) is 10.6. The van der Waals surface area contributed by atoms with E-state index in [1.165, 1.54) is 17.1 Å². The van der Waals surface area contributed by atoms with E-state index in [0.29, 0.717) is 26.8 Å². The maximum absolute atomic E-state index is 12.8. The van der Waals surface area contributed by atoms with Crippen molar-refractivity contribution in [1.29, 1.82) is 0 Å². The van der Waals surface area contributed by atoms with E-state index >= 15 is 0 Å². The lowest BCUT2D eigenvalue weighted by molar-refractivity contribution is 0.601. The van der Waals surface area contributed by atoms with Crippen LogP contribution in [-0.4, -0.2) is 28.2 Å². The Labute approximate surface area is 176 Å². The van der Waals surface area contributed by atoms with Gasteiger partial charge in [0.1, 0.15) is 4.90 Å². The van der Waals surface area contributed by atoms with Crippen molar-refractivity contribution < 1.29 is 8.42 Å². The Hall–Kier alpha value is -2.88. The number of para-hydroxylation sites is 2. The maximum atomic E-state index is 12.8. The lowest BCUT2D eigenvalue weighted by Gasteiger charge is -2.13. The first kappa shape index (κ1) is 19.4. The van der Waals surface area contributed by atoms with Gasteiger partial charge in [0, 0.05) is 29.0 Å². The number of nitrogens with zero attached hydrogens (tertiary/aromatic N) is 4. The Morgan fingerprint density at radius 3 is 2.17 bits per heavy atom. The predicted molar refractivity (Wildman–Crippen MR) is 113 cm³/mol. The number of aryl methyl sites for hydroxylation is 1. The summed E-state index contributed by atoms with van der Waals surface area (Å²) in [4.78, 5) is 8.94. The van der Waals surface area contributed by atoms with Gasteiger partial charge in [0.25, 0.3) is 10.0 Å². The zero-order valence-corrected chi connectivity index (χ0v) is 17.3. The van der Waals surface area contributed by atoms with E-state index in [1.807, 2.05) is 6.07 Å². The molecule has 2 aromatic heterocycles. The highest BCUT2D eigenvalue weighted by Gasteiger charge is 2.20. The molecule has 0 aliphatic rings. The second-order valence-corrected chi connectivity index (χ2v) is 8.70. The molecule has 29 heavy (non-hydrogen) atoms. The summed E-state index contributed by atoms with van der Waals surface area (Å²) in [6.07, 6.45) is 2.64. The quantitative estimate of drug-likeness (QED) is 0.473. The summed E-state index contributed by atoms with van der Waals surface area (Å²) in [6, 6.07) is 12.0. The van der Waals surface area contributed by atoms with Gasteiger partial charge in [0.2, 0.25) is 0 Å². The normalized spacial score (nSPS) is 11.6. The molecule has 2 aromatic carbocycles. The van der Waals surface area contributed by atoms with Gasteiger partial charge in [-0.15, -0.1) is 0 Å². The molecule has 11 heteroatoms. The molecule has 0 amide bonds. The minimum absolute atomic E-state index is 0.00621. The summed E-state index contributed by atoms with van der Waals surface area (Å²) < 4.78 is 29.4. The van der Waals surface area contributed by atoms with Gasteiger partial charge in [-0.25, -0.2) is 18.4 Å². The van der Waals surface area contributed by atoms with Crippen LogP contribution in [0.25, 0.3) is 11.0 Å². The third kappa shape index (κ3) is 4.26. The Morgan fingerprint density at radius 2 is 1.59 bits per heavy atom. The molecule has 2 N–H and O–H groups in total. The number of sulfonamides is 1. The molecule has 4 rings (SSSR count). The largest absolute Gasteiger partial charge is 0.337 e. The van der Waals surface area contributed by atoms with Crippen molar-refractivity contribution in [2.45, 2.75) is 4.90 Å². The van der Waals surface area contributed by atoms with Crippen molar-refractivity contribution in [2.75, 3.05) is 10.0 Å². The molecular formula is C18H14Cl2N6O2S. The Morgan fingerprint density at radius 1 is 0.966 bits per heavy atom. The highest BCUT2D eigenvalue weighted by molar-refractivity contribution is 7.92. The van der Waals surface area contributed by atoms with Gasteiger partial charge in [-0.2, -0.15) is 5.10 Å². The van der Waals surface area contributed by atoms with Gasteiger partial charge in [0.05, 0.1) is 17.2 Å². The fourth-order valence-electron chi connectivity index (χ4n) is 2.64. The summed E-state index contributed by atoms with van der Waals surface area (Å²) in [5.41, 5.74) is 1.66. The molecule has 2 heterocycles. The van der Waals surface area contributed by atoms with Crippen molar-refractivity contribution in [2.24, 2.45) is 7.05 Å². The minimum atomic E-state index is -3.92. The molecule has 148 valence electrons. The number of aromatic nitrogens is 4. The number of hydrogen-bond donors (Lipinski definition) is 2. The number of benzene rings is 2. The van der Waals surface area contributed by atoms with Crippen LogP contribution in [0.5, 0.6) is 0 Å². The van der Waals surface area contributed by atoms with Gasteiger partial charge in [-0.05, 0) is 30.3 Å². The number of rotatable bonds is 5. The monoisotopic (exact) mass is 448 g/mol. The van der Waals surface area contributed by atoms with E-state index in [1.54, 1.807) is 43.4 Å². The second kappa shape index (κ2) is 7.51. The molecule has 0 radical (unpaired) electrons. The van der Waals surface area contributed by atoms with Crippen LogP contribution in [0.2, 0.25) is 10.0 Å². The zero-order chi connectivity index (χ0) is 20.6. The fraction of sp³-hybridized carbons (Fsp3) is 0.0556. The van der Waals surface area contributed by atoms with Crippen LogP contribution in [0.1, 0.15) is 0 Å². The summed E-state index contributed by atoms with van der Waals surface area (Å²) in [6.45, 7) is 0. The maximum Gasteiger partial charge on any atom is 0.266 e. The minimum Gasteiger partial charge on any atom is -0.337 e. The van der Waals surface area contributed by atoms with Gasteiger partial charge < -0.3 is 5.32 Å². The number of fused-ring (bicyclic) bond motifs is 1. The van der Waals surface area contributed by atoms with E-state index in [-0.39, 0.29) is 16.5 Å². The van der Waals surface area contributed by atoms with Gasteiger partial charge in [0.15, 0.2) is 11.6 Å². The summed E-state index contributed by atoms with van der Waals surface area (Å²) >= 11 is 12.1. The molecular weight excluding hydrogens is 435 g/mol. The van der Waals surface area contributed by atoms with Crippen LogP contribution < -0.4 is 10.0 Å². The first-order chi connectivity index (χ1) is 13.8. The van der Waals surface area contributed by atoms with E-state index < -0.39 is 10.0 Å². The van der Waals surface area contributed by atoms with Crippen molar-refractivity contribution in [3.63, 3.8) is 0 Å². The van der Waals surface area contributed by atoms with Crippen LogP contribution in [0.4, 0.5) is 17.3 Å². The molecule has 0 fully saturated rings. The fourth-order valence-corrected chi connectivity index (χ4v) is 4.16. The number of halogens is 2. The van der Waals surface area contributed by atoms with Crippen molar-refractivity contribution >= 4 is 61.6 Å². The molecule has 8 nitrogen and oxygen atoms in total. The molecule has 0 saturated carbocycles. The topological polar surface area (TPSA) is 102 Å². The number of hydrogen-bond acceptors (Lipinski definition) is 6. The van der Waals surface area contributed by atoms with E-state index in [9.17, 15) is 8.42 Å². The van der Waals surface area contributed by atoms with Crippen LogP contribution >= 0.6 is 23.2 Å². The predicted octanol–water partition coefficient (Wildman–Crippen LogP) is 4.21. The zero-order valence-electron chi connectivity index (χ0n) is 15.0. The Balaban J connectivity index is 1.80. The van der Waals surface area contributed by atoms with Gasteiger partial charge in [-0.3, -0.25) is 9.40 Å². The molecule has 0 spiro atoms. The van der Waals surface area contributed by atoms with Crippen molar-refractivity contribution in [1.82, 2.24) is 19.7 Å². The standard InChI is InChI=1S/C18H14Cl2N6O2S/c1-26-10-14(9-21-26)29(27,28)25-18-17(22-13-7-11(19)6-12(20)8-13)23-15-4-2-3-5-16(15)24-18/h2-10H,1H3,(H,22,23)(H,24,25). The molecule has 0 aliphatic heterocycles. The van der Waals surface area contributed by atoms with Crippen molar-refractivity contribution in [3.8, 4) is 0 Å². The number of nitrogens with one attached hydrogen (secondary N) is 2. The average molecular weight is 449 g/mol. The molecule has 0 atom stereocenters. The van der Waals surface area contributed by atoms with Gasteiger partial charge in [-0.1, -0.05) is 35.3 Å². The highest BCUT2D eigenvalue weighted by atomic mass is 35.5. The molecule has 0 saturated heterocycles.